The lowest BCUT2D eigenvalue weighted by Gasteiger charge is -2.14. The van der Waals surface area contributed by atoms with Crippen molar-refractivity contribution in [3.63, 3.8) is 0 Å². The lowest BCUT2D eigenvalue weighted by Crippen LogP contribution is -2.42. The van der Waals surface area contributed by atoms with E-state index in [2.05, 4.69) is 5.32 Å². The van der Waals surface area contributed by atoms with Gasteiger partial charge in [0.2, 0.25) is 5.91 Å². The highest BCUT2D eigenvalue weighted by Gasteiger charge is 2.13. The van der Waals surface area contributed by atoms with E-state index in [0.717, 1.165) is 5.56 Å². The second-order valence-corrected chi connectivity index (χ2v) is 4.90. The van der Waals surface area contributed by atoms with Gasteiger partial charge in [0, 0.05) is 6.54 Å². The molecule has 18 heavy (non-hydrogen) atoms. The summed E-state index contributed by atoms with van der Waals surface area (Å²) in [6, 6.07) is 5.83. The molecule has 0 saturated carbocycles. The second-order valence-electron chi connectivity index (χ2n) is 4.90. The van der Waals surface area contributed by atoms with Crippen molar-refractivity contribution >= 4 is 5.91 Å². The van der Waals surface area contributed by atoms with Crippen LogP contribution in [0.4, 0.5) is 4.39 Å². The summed E-state index contributed by atoms with van der Waals surface area (Å²) in [4.78, 5) is 11.6. The van der Waals surface area contributed by atoms with E-state index >= 15 is 0 Å². The molecule has 3 N–H and O–H groups in total. The normalized spacial score (nSPS) is 12.5. The van der Waals surface area contributed by atoms with E-state index in [0.29, 0.717) is 25.3 Å². The van der Waals surface area contributed by atoms with Crippen molar-refractivity contribution in [2.45, 2.75) is 32.7 Å². The SMILES string of the molecule is CC(C)C[C@@H](N)C(=O)NCCc1ccc(F)cc1. The molecule has 0 aliphatic heterocycles. The van der Waals surface area contributed by atoms with E-state index in [1.165, 1.54) is 12.1 Å². The number of benzene rings is 1. The molecule has 0 heterocycles. The zero-order chi connectivity index (χ0) is 13.5. The third-order valence-electron chi connectivity index (χ3n) is 2.69. The van der Waals surface area contributed by atoms with E-state index in [-0.39, 0.29) is 11.7 Å². The highest BCUT2D eigenvalue weighted by molar-refractivity contribution is 5.81. The smallest absolute Gasteiger partial charge is 0.236 e. The molecule has 0 saturated heterocycles. The summed E-state index contributed by atoms with van der Waals surface area (Å²) >= 11 is 0. The maximum atomic E-state index is 12.7. The number of nitrogens with two attached hydrogens (primary N) is 1. The first-order valence-corrected chi connectivity index (χ1v) is 6.26. The summed E-state index contributed by atoms with van der Waals surface area (Å²) in [6.45, 7) is 4.59. The van der Waals surface area contributed by atoms with Gasteiger partial charge in [-0.1, -0.05) is 26.0 Å². The molecule has 0 bridgehead atoms. The summed E-state index contributed by atoms with van der Waals surface area (Å²) in [5.41, 5.74) is 6.75. The largest absolute Gasteiger partial charge is 0.354 e. The molecule has 4 heteroatoms. The molecule has 1 atom stereocenters. The monoisotopic (exact) mass is 252 g/mol. The van der Waals surface area contributed by atoms with Crippen LogP contribution in [0.3, 0.4) is 0 Å². The van der Waals surface area contributed by atoms with E-state index in [9.17, 15) is 9.18 Å². The first-order chi connectivity index (χ1) is 8.49. The predicted molar refractivity (Wildman–Crippen MR) is 70.5 cm³/mol. The number of hydrogen-bond acceptors (Lipinski definition) is 2. The first-order valence-electron chi connectivity index (χ1n) is 6.26. The van der Waals surface area contributed by atoms with Crippen molar-refractivity contribution in [1.82, 2.24) is 5.32 Å². The standard InChI is InChI=1S/C14H21FN2O/c1-10(2)9-13(16)14(18)17-8-7-11-3-5-12(15)6-4-11/h3-6,10,13H,7-9,16H2,1-2H3,(H,17,18)/t13-/m1/s1. The van der Waals surface area contributed by atoms with Gasteiger partial charge in [-0.05, 0) is 36.5 Å². The molecule has 3 nitrogen and oxygen atoms in total. The van der Waals surface area contributed by atoms with Gasteiger partial charge in [0.25, 0.3) is 0 Å². The van der Waals surface area contributed by atoms with Gasteiger partial charge in [-0.2, -0.15) is 0 Å². The fourth-order valence-corrected chi connectivity index (χ4v) is 1.73. The third-order valence-corrected chi connectivity index (χ3v) is 2.69. The Morgan fingerprint density at radius 2 is 1.94 bits per heavy atom. The first kappa shape index (κ1) is 14.6. The quantitative estimate of drug-likeness (QED) is 0.812. The number of carbonyl (C=O) groups excluding carboxylic acids is 1. The Bertz CT molecular complexity index is 376. The lowest BCUT2D eigenvalue weighted by molar-refractivity contribution is -0.122. The van der Waals surface area contributed by atoms with Crippen LogP contribution in [0.15, 0.2) is 24.3 Å². The third kappa shape index (κ3) is 5.27. The van der Waals surface area contributed by atoms with Crippen molar-refractivity contribution < 1.29 is 9.18 Å². The average Bonchev–Trinajstić information content (AvgIpc) is 2.30. The van der Waals surface area contributed by atoms with Gasteiger partial charge in [-0.15, -0.1) is 0 Å². The number of rotatable bonds is 6. The van der Waals surface area contributed by atoms with E-state index in [1.54, 1.807) is 12.1 Å². The van der Waals surface area contributed by atoms with Crippen LogP contribution in [0.5, 0.6) is 0 Å². The Kier molecular flexibility index (Phi) is 5.78. The highest BCUT2D eigenvalue weighted by atomic mass is 19.1. The fourth-order valence-electron chi connectivity index (χ4n) is 1.73. The molecule has 0 unspecified atom stereocenters. The number of nitrogens with one attached hydrogen (secondary N) is 1. The van der Waals surface area contributed by atoms with Crippen LogP contribution in [0.2, 0.25) is 0 Å². The van der Waals surface area contributed by atoms with Crippen molar-refractivity contribution in [2.24, 2.45) is 11.7 Å². The van der Waals surface area contributed by atoms with Crippen LogP contribution in [-0.2, 0) is 11.2 Å². The van der Waals surface area contributed by atoms with Gasteiger partial charge in [0.1, 0.15) is 5.82 Å². The van der Waals surface area contributed by atoms with Crippen LogP contribution in [-0.4, -0.2) is 18.5 Å². The number of hydrogen-bond donors (Lipinski definition) is 2. The Hall–Kier alpha value is -1.42. The van der Waals surface area contributed by atoms with E-state index in [1.807, 2.05) is 13.8 Å². The van der Waals surface area contributed by atoms with Gasteiger partial charge in [-0.3, -0.25) is 4.79 Å². The van der Waals surface area contributed by atoms with Crippen LogP contribution in [0, 0.1) is 11.7 Å². The minimum Gasteiger partial charge on any atom is -0.354 e. The van der Waals surface area contributed by atoms with Crippen LogP contribution in [0.25, 0.3) is 0 Å². The molecule has 1 aromatic rings. The summed E-state index contributed by atoms with van der Waals surface area (Å²) in [5.74, 6) is 0.0374. The zero-order valence-corrected chi connectivity index (χ0v) is 10.9. The minimum absolute atomic E-state index is 0.120. The van der Waals surface area contributed by atoms with E-state index < -0.39 is 6.04 Å². The van der Waals surface area contributed by atoms with Gasteiger partial charge in [0.05, 0.1) is 6.04 Å². The molecule has 0 aliphatic carbocycles. The minimum atomic E-state index is -0.446. The molecular weight excluding hydrogens is 231 g/mol. The number of amides is 1. The molecule has 0 aliphatic rings. The van der Waals surface area contributed by atoms with Gasteiger partial charge < -0.3 is 11.1 Å². The lowest BCUT2D eigenvalue weighted by atomic mass is 10.0. The van der Waals surface area contributed by atoms with Gasteiger partial charge in [0.15, 0.2) is 0 Å². The Labute approximate surface area is 108 Å². The molecule has 100 valence electrons. The second kappa shape index (κ2) is 7.11. The summed E-state index contributed by atoms with van der Waals surface area (Å²) in [6.07, 6.45) is 1.36. The molecule has 0 radical (unpaired) electrons. The summed E-state index contributed by atoms with van der Waals surface area (Å²) in [7, 11) is 0. The topological polar surface area (TPSA) is 55.1 Å². The number of halogens is 1. The molecule has 0 aromatic heterocycles. The molecular formula is C14H21FN2O. The average molecular weight is 252 g/mol. The van der Waals surface area contributed by atoms with Crippen LogP contribution in [0.1, 0.15) is 25.8 Å². The molecule has 0 fully saturated rings. The Morgan fingerprint density at radius 1 is 1.33 bits per heavy atom. The van der Waals surface area contributed by atoms with Gasteiger partial charge >= 0.3 is 0 Å². The number of carbonyl (C=O) groups is 1. The fraction of sp³-hybridized carbons (Fsp3) is 0.500. The Balaban J connectivity index is 2.29. The van der Waals surface area contributed by atoms with Gasteiger partial charge in [-0.25, -0.2) is 4.39 Å². The van der Waals surface area contributed by atoms with Crippen molar-refractivity contribution in [1.29, 1.82) is 0 Å². The zero-order valence-electron chi connectivity index (χ0n) is 10.9. The Morgan fingerprint density at radius 3 is 2.50 bits per heavy atom. The van der Waals surface area contributed by atoms with Crippen LogP contribution < -0.4 is 11.1 Å². The van der Waals surface area contributed by atoms with Crippen LogP contribution >= 0.6 is 0 Å². The van der Waals surface area contributed by atoms with Crippen molar-refractivity contribution in [2.75, 3.05) is 6.54 Å². The van der Waals surface area contributed by atoms with E-state index in [4.69, 9.17) is 5.73 Å². The maximum Gasteiger partial charge on any atom is 0.236 e. The maximum absolute atomic E-state index is 12.7. The molecule has 1 amide bonds. The molecule has 0 spiro atoms. The predicted octanol–water partition coefficient (Wildman–Crippen LogP) is 1.86. The molecule has 1 rings (SSSR count). The summed E-state index contributed by atoms with van der Waals surface area (Å²) in [5, 5.41) is 2.79. The van der Waals surface area contributed by atoms with Crippen molar-refractivity contribution in [3.05, 3.63) is 35.6 Å². The van der Waals surface area contributed by atoms with Crippen molar-refractivity contribution in [3.8, 4) is 0 Å². The summed E-state index contributed by atoms with van der Waals surface area (Å²) < 4.78 is 12.7. The highest BCUT2D eigenvalue weighted by Crippen LogP contribution is 2.04. The molecule has 1 aromatic carbocycles.